The van der Waals surface area contributed by atoms with Gasteiger partial charge in [0.25, 0.3) is 0 Å². The van der Waals surface area contributed by atoms with E-state index in [1.54, 1.807) is 6.07 Å². The van der Waals surface area contributed by atoms with Gasteiger partial charge < -0.3 is 10.2 Å². The Hall–Kier alpha value is -2.83. The van der Waals surface area contributed by atoms with Gasteiger partial charge in [-0.2, -0.15) is 0 Å². The summed E-state index contributed by atoms with van der Waals surface area (Å²) >= 11 is 0. The topological polar surface area (TPSA) is 49.4 Å². The first-order chi connectivity index (χ1) is 11.4. The van der Waals surface area contributed by atoms with Crippen molar-refractivity contribution in [3.63, 3.8) is 0 Å². The molecule has 0 aliphatic heterocycles. The molecule has 0 aliphatic rings. The first-order valence-electron chi connectivity index (χ1n) is 7.10. The molecule has 0 aliphatic carbocycles. The highest BCUT2D eigenvalue weighted by Gasteiger charge is 2.16. The second kappa shape index (κ2) is 7.63. The Labute approximate surface area is 136 Å². The molecule has 0 heterocycles. The van der Waals surface area contributed by atoms with Crippen LogP contribution >= 0.6 is 0 Å². The van der Waals surface area contributed by atoms with Gasteiger partial charge in [-0.1, -0.05) is 18.2 Å². The standard InChI is InChI=1S/C17H15F3N2O2/c1-11(23)22(9-12-4-2-3-5-14(12)18)10-17(24)21-13-6-7-15(19)16(20)8-13/h2-8H,9-10H2,1H3,(H,21,24). The van der Waals surface area contributed by atoms with Crippen molar-refractivity contribution >= 4 is 17.5 Å². The van der Waals surface area contributed by atoms with Crippen molar-refractivity contribution < 1.29 is 22.8 Å². The number of hydrogen-bond donors (Lipinski definition) is 1. The lowest BCUT2D eigenvalue weighted by Gasteiger charge is -2.21. The van der Waals surface area contributed by atoms with E-state index in [1.165, 1.54) is 31.2 Å². The fourth-order valence-electron chi connectivity index (χ4n) is 2.06. The van der Waals surface area contributed by atoms with E-state index < -0.39 is 29.3 Å². The van der Waals surface area contributed by atoms with Crippen molar-refractivity contribution in [3.8, 4) is 0 Å². The first-order valence-corrected chi connectivity index (χ1v) is 7.10. The number of nitrogens with one attached hydrogen (secondary N) is 1. The van der Waals surface area contributed by atoms with Gasteiger partial charge in [-0.15, -0.1) is 0 Å². The largest absolute Gasteiger partial charge is 0.329 e. The van der Waals surface area contributed by atoms with Gasteiger partial charge in [-0.05, 0) is 18.2 Å². The van der Waals surface area contributed by atoms with Crippen LogP contribution in [0, 0.1) is 17.5 Å². The molecule has 24 heavy (non-hydrogen) atoms. The average molecular weight is 336 g/mol. The second-order valence-corrected chi connectivity index (χ2v) is 5.14. The summed E-state index contributed by atoms with van der Waals surface area (Å²) < 4.78 is 39.6. The zero-order chi connectivity index (χ0) is 17.7. The van der Waals surface area contributed by atoms with Crippen LogP contribution in [0.1, 0.15) is 12.5 Å². The molecule has 1 N–H and O–H groups in total. The van der Waals surface area contributed by atoms with Crippen molar-refractivity contribution in [1.82, 2.24) is 4.90 Å². The molecule has 126 valence electrons. The molecule has 0 radical (unpaired) electrons. The predicted octanol–water partition coefficient (Wildman–Crippen LogP) is 3.09. The summed E-state index contributed by atoms with van der Waals surface area (Å²) in [5.74, 6) is -3.63. The van der Waals surface area contributed by atoms with Crippen molar-refractivity contribution in [1.29, 1.82) is 0 Å². The lowest BCUT2D eigenvalue weighted by molar-refractivity contribution is -0.133. The van der Waals surface area contributed by atoms with Crippen LogP contribution in [0.15, 0.2) is 42.5 Å². The van der Waals surface area contributed by atoms with Crippen molar-refractivity contribution in [2.24, 2.45) is 0 Å². The Balaban J connectivity index is 2.04. The Kier molecular flexibility index (Phi) is 5.57. The zero-order valence-electron chi connectivity index (χ0n) is 12.9. The third kappa shape index (κ3) is 4.58. The van der Waals surface area contributed by atoms with E-state index in [0.717, 1.165) is 17.0 Å². The van der Waals surface area contributed by atoms with Crippen LogP contribution in [0.3, 0.4) is 0 Å². The van der Waals surface area contributed by atoms with E-state index in [0.29, 0.717) is 0 Å². The number of hydrogen-bond acceptors (Lipinski definition) is 2. The molecule has 0 aromatic heterocycles. The predicted molar refractivity (Wildman–Crippen MR) is 82.5 cm³/mol. The average Bonchev–Trinajstić information content (AvgIpc) is 2.52. The van der Waals surface area contributed by atoms with Crippen LogP contribution in [0.2, 0.25) is 0 Å². The fourth-order valence-corrected chi connectivity index (χ4v) is 2.06. The van der Waals surface area contributed by atoms with Crippen molar-refractivity contribution in [3.05, 3.63) is 65.5 Å². The molecule has 0 bridgehead atoms. The van der Waals surface area contributed by atoms with Crippen LogP contribution in [-0.2, 0) is 16.1 Å². The Morgan fingerprint density at radius 2 is 1.71 bits per heavy atom. The van der Waals surface area contributed by atoms with Gasteiger partial charge in [-0.25, -0.2) is 13.2 Å². The molecule has 2 amide bonds. The summed E-state index contributed by atoms with van der Waals surface area (Å²) in [5, 5.41) is 2.36. The van der Waals surface area contributed by atoms with Gasteiger partial charge >= 0.3 is 0 Å². The molecule has 0 saturated heterocycles. The molecule has 4 nitrogen and oxygen atoms in total. The number of rotatable bonds is 5. The summed E-state index contributed by atoms with van der Waals surface area (Å²) in [6.07, 6.45) is 0. The van der Waals surface area contributed by atoms with E-state index >= 15 is 0 Å². The minimum absolute atomic E-state index is 0.0632. The van der Waals surface area contributed by atoms with Gasteiger partial charge in [0.2, 0.25) is 11.8 Å². The molecule has 2 aromatic carbocycles. The Bertz CT molecular complexity index is 765. The van der Waals surface area contributed by atoms with E-state index in [4.69, 9.17) is 0 Å². The van der Waals surface area contributed by atoms with Crippen molar-refractivity contribution in [2.45, 2.75) is 13.5 Å². The summed E-state index contributed by atoms with van der Waals surface area (Å²) in [7, 11) is 0. The van der Waals surface area contributed by atoms with Crippen LogP contribution < -0.4 is 5.32 Å². The minimum atomic E-state index is -1.09. The molecule has 2 rings (SSSR count). The third-order valence-electron chi connectivity index (χ3n) is 3.30. The van der Waals surface area contributed by atoms with Crippen molar-refractivity contribution in [2.75, 3.05) is 11.9 Å². The maximum Gasteiger partial charge on any atom is 0.244 e. The molecule has 0 spiro atoms. The van der Waals surface area contributed by atoms with Crippen LogP contribution in [0.5, 0.6) is 0 Å². The normalized spacial score (nSPS) is 10.3. The third-order valence-corrected chi connectivity index (χ3v) is 3.30. The van der Waals surface area contributed by atoms with Crippen LogP contribution in [0.4, 0.5) is 18.9 Å². The first kappa shape index (κ1) is 17.5. The second-order valence-electron chi connectivity index (χ2n) is 5.14. The summed E-state index contributed by atoms with van der Waals surface area (Å²) in [5.41, 5.74) is 0.335. The monoisotopic (exact) mass is 336 g/mol. The van der Waals surface area contributed by atoms with E-state index in [-0.39, 0.29) is 24.3 Å². The van der Waals surface area contributed by atoms with E-state index in [1.807, 2.05) is 0 Å². The smallest absolute Gasteiger partial charge is 0.244 e. The molecule has 0 saturated carbocycles. The highest BCUT2D eigenvalue weighted by Crippen LogP contribution is 2.14. The number of anilines is 1. The number of benzene rings is 2. The number of amides is 2. The zero-order valence-corrected chi connectivity index (χ0v) is 12.9. The number of carbonyl (C=O) groups is 2. The van der Waals surface area contributed by atoms with Crippen LogP contribution in [-0.4, -0.2) is 23.3 Å². The van der Waals surface area contributed by atoms with Gasteiger partial charge in [0.15, 0.2) is 11.6 Å². The lowest BCUT2D eigenvalue weighted by Crippen LogP contribution is -2.36. The summed E-state index contributed by atoms with van der Waals surface area (Å²) in [6, 6.07) is 8.83. The fraction of sp³-hybridized carbons (Fsp3) is 0.176. The minimum Gasteiger partial charge on any atom is -0.329 e. The quantitative estimate of drug-likeness (QED) is 0.912. The van der Waals surface area contributed by atoms with Crippen LogP contribution in [0.25, 0.3) is 0 Å². The van der Waals surface area contributed by atoms with Gasteiger partial charge in [-0.3, -0.25) is 9.59 Å². The Morgan fingerprint density at radius 3 is 2.33 bits per heavy atom. The lowest BCUT2D eigenvalue weighted by atomic mass is 10.2. The molecule has 0 fully saturated rings. The van der Waals surface area contributed by atoms with Gasteiger partial charge in [0.05, 0.1) is 0 Å². The SMILES string of the molecule is CC(=O)N(CC(=O)Nc1ccc(F)c(F)c1)Cc1ccccc1F. The van der Waals surface area contributed by atoms with Gasteiger partial charge in [0, 0.05) is 30.8 Å². The highest BCUT2D eigenvalue weighted by atomic mass is 19.2. The summed E-state index contributed by atoms with van der Waals surface area (Å²) in [6.45, 7) is 0.835. The van der Waals surface area contributed by atoms with E-state index in [2.05, 4.69) is 5.32 Å². The molecule has 2 aromatic rings. The maximum absolute atomic E-state index is 13.7. The molecule has 0 atom stereocenters. The molecular weight excluding hydrogens is 321 g/mol. The summed E-state index contributed by atoms with van der Waals surface area (Å²) in [4.78, 5) is 24.8. The highest BCUT2D eigenvalue weighted by molar-refractivity contribution is 5.94. The number of carbonyl (C=O) groups excluding carboxylic acids is 2. The number of halogens is 3. The van der Waals surface area contributed by atoms with Gasteiger partial charge in [0.1, 0.15) is 12.4 Å². The van der Waals surface area contributed by atoms with E-state index in [9.17, 15) is 22.8 Å². The molecular formula is C17H15F3N2O2. The number of nitrogens with zero attached hydrogens (tertiary/aromatic N) is 1. The maximum atomic E-state index is 13.7. The molecule has 0 unspecified atom stereocenters. The Morgan fingerprint density at radius 1 is 1.00 bits per heavy atom. The molecule has 7 heteroatoms.